The van der Waals surface area contributed by atoms with E-state index in [2.05, 4.69) is 46.4 Å². The fourth-order valence-electron chi connectivity index (χ4n) is 3.18. The molecule has 1 atom stereocenters. The average Bonchev–Trinajstić information content (AvgIpc) is 2.65. The Bertz CT molecular complexity index is 672. The molecular formula is C20H25N3O. The van der Waals surface area contributed by atoms with Crippen LogP contribution in [0.3, 0.4) is 0 Å². The van der Waals surface area contributed by atoms with E-state index in [0.29, 0.717) is 19.0 Å². The molecule has 0 saturated carbocycles. The van der Waals surface area contributed by atoms with Crippen LogP contribution in [0.4, 0.5) is 0 Å². The normalized spacial score (nSPS) is 15.5. The maximum Gasteiger partial charge on any atom is 0.220 e. The van der Waals surface area contributed by atoms with Crippen molar-refractivity contribution in [2.75, 3.05) is 13.1 Å². The van der Waals surface area contributed by atoms with Crippen molar-refractivity contribution in [2.45, 2.75) is 38.8 Å². The first kappa shape index (κ1) is 16.7. The molecule has 0 bridgehead atoms. The van der Waals surface area contributed by atoms with Crippen molar-refractivity contribution in [2.24, 2.45) is 0 Å². The summed E-state index contributed by atoms with van der Waals surface area (Å²) in [7, 11) is 0. The average molecular weight is 323 g/mol. The van der Waals surface area contributed by atoms with Crippen LogP contribution in [0.25, 0.3) is 0 Å². The maximum absolute atomic E-state index is 12.1. The summed E-state index contributed by atoms with van der Waals surface area (Å²) in [5.41, 5.74) is 4.03. The van der Waals surface area contributed by atoms with Gasteiger partial charge in [0.2, 0.25) is 5.91 Å². The van der Waals surface area contributed by atoms with E-state index < -0.39 is 0 Å². The van der Waals surface area contributed by atoms with Crippen LogP contribution in [-0.4, -0.2) is 34.9 Å². The number of hydrogen-bond acceptors (Lipinski definition) is 3. The second kappa shape index (κ2) is 8.06. The van der Waals surface area contributed by atoms with Gasteiger partial charge < -0.3 is 5.32 Å². The zero-order chi connectivity index (χ0) is 16.8. The molecule has 1 N–H and O–H groups in total. The molecule has 3 rings (SSSR count). The zero-order valence-electron chi connectivity index (χ0n) is 14.2. The highest BCUT2D eigenvalue weighted by Crippen LogP contribution is 2.19. The smallest absolute Gasteiger partial charge is 0.220 e. The lowest BCUT2D eigenvalue weighted by molar-refractivity contribution is -0.121. The lowest BCUT2D eigenvalue weighted by Crippen LogP contribution is -2.44. The number of aryl methyl sites for hydroxylation is 1. The molecule has 0 saturated heterocycles. The second-order valence-corrected chi connectivity index (χ2v) is 6.50. The predicted octanol–water partition coefficient (Wildman–Crippen LogP) is 2.58. The Balaban J connectivity index is 1.42. The second-order valence-electron chi connectivity index (χ2n) is 6.50. The van der Waals surface area contributed by atoms with Gasteiger partial charge in [-0.3, -0.25) is 14.7 Å². The summed E-state index contributed by atoms with van der Waals surface area (Å²) in [4.78, 5) is 18.5. The summed E-state index contributed by atoms with van der Waals surface area (Å²) >= 11 is 0. The monoisotopic (exact) mass is 323 g/mol. The topological polar surface area (TPSA) is 45.2 Å². The number of hydrogen-bond donors (Lipinski definition) is 1. The molecule has 0 fully saturated rings. The van der Waals surface area contributed by atoms with E-state index in [1.165, 1.54) is 11.1 Å². The quantitative estimate of drug-likeness (QED) is 0.889. The van der Waals surface area contributed by atoms with Gasteiger partial charge in [0.05, 0.1) is 0 Å². The van der Waals surface area contributed by atoms with Gasteiger partial charge in [-0.1, -0.05) is 24.3 Å². The third-order valence-electron chi connectivity index (χ3n) is 4.77. The molecule has 1 aromatic carbocycles. The van der Waals surface area contributed by atoms with E-state index in [-0.39, 0.29) is 5.91 Å². The van der Waals surface area contributed by atoms with Crippen LogP contribution in [0.5, 0.6) is 0 Å². The van der Waals surface area contributed by atoms with Gasteiger partial charge >= 0.3 is 0 Å². The lowest BCUT2D eigenvalue weighted by atomic mass is 9.99. The molecule has 24 heavy (non-hydrogen) atoms. The van der Waals surface area contributed by atoms with Crippen LogP contribution in [-0.2, 0) is 24.2 Å². The van der Waals surface area contributed by atoms with Crippen molar-refractivity contribution >= 4 is 5.91 Å². The highest BCUT2D eigenvalue weighted by atomic mass is 16.1. The molecule has 1 aliphatic rings. The molecule has 1 aliphatic heterocycles. The molecule has 0 unspecified atom stereocenters. The molecule has 4 heteroatoms. The molecule has 126 valence electrons. The van der Waals surface area contributed by atoms with Crippen molar-refractivity contribution in [3.63, 3.8) is 0 Å². The highest BCUT2D eigenvalue weighted by molar-refractivity contribution is 5.76. The van der Waals surface area contributed by atoms with E-state index >= 15 is 0 Å². The molecule has 0 spiro atoms. The molecule has 1 amide bonds. The Morgan fingerprint density at radius 1 is 1.21 bits per heavy atom. The van der Waals surface area contributed by atoms with Crippen LogP contribution in [0.15, 0.2) is 48.8 Å². The Labute approximate surface area is 143 Å². The number of nitrogens with zero attached hydrogens (tertiary/aromatic N) is 2. The number of carbonyl (C=O) groups is 1. The van der Waals surface area contributed by atoms with Crippen LogP contribution in [0, 0.1) is 0 Å². The first-order valence-corrected chi connectivity index (χ1v) is 8.69. The Hall–Kier alpha value is -2.20. The van der Waals surface area contributed by atoms with Crippen LogP contribution in [0.1, 0.15) is 30.0 Å². The molecule has 0 aliphatic carbocycles. The van der Waals surface area contributed by atoms with Crippen molar-refractivity contribution in [3.8, 4) is 0 Å². The van der Waals surface area contributed by atoms with Gasteiger partial charge in [-0.05, 0) is 48.6 Å². The number of fused-ring (bicyclic) bond motifs is 1. The number of nitrogens with one attached hydrogen (secondary N) is 1. The van der Waals surface area contributed by atoms with Gasteiger partial charge in [0.15, 0.2) is 0 Å². The zero-order valence-corrected chi connectivity index (χ0v) is 14.2. The van der Waals surface area contributed by atoms with Gasteiger partial charge in [-0.25, -0.2) is 0 Å². The molecular weight excluding hydrogens is 298 g/mol. The number of aromatic nitrogens is 1. The summed E-state index contributed by atoms with van der Waals surface area (Å²) < 4.78 is 0. The van der Waals surface area contributed by atoms with Crippen LogP contribution in [0.2, 0.25) is 0 Å². The van der Waals surface area contributed by atoms with Crippen molar-refractivity contribution in [1.29, 1.82) is 0 Å². The van der Waals surface area contributed by atoms with Crippen molar-refractivity contribution < 1.29 is 4.79 Å². The fourth-order valence-corrected chi connectivity index (χ4v) is 3.18. The van der Waals surface area contributed by atoms with E-state index in [1.54, 1.807) is 12.4 Å². The van der Waals surface area contributed by atoms with Gasteiger partial charge in [-0.2, -0.15) is 0 Å². The third-order valence-corrected chi connectivity index (χ3v) is 4.77. The minimum atomic E-state index is 0.121. The number of rotatable bonds is 6. The van der Waals surface area contributed by atoms with Gasteiger partial charge in [0.1, 0.15) is 0 Å². The van der Waals surface area contributed by atoms with Crippen molar-refractivity contribution in [3.05, 3.63) is 65.5 Å². The third kappa shape index (κ3) is 4.42. The van der Waals surface area contributed by atoms with Crippen LogP contribution < -0.4 is 5.32 Å². The van der Waals surface area contributed by atoms with Gasteiger partial charge in [0, 0.05) is 44.5 Å². The first-order chi connectivity index (χ1) is 11.7. The molecule has 2 heterocycles. The molecule has 4 nitrogen and oxygen atoms in total. The SMILES string of the molecule is C[C@H](CNC(=O)CCc1ccncc1)N1CCc2ccccc2C1. The predicted molar refractivity (Wildman–Crippen MR) is 95.6 cm³/mol. The fraction of sp³-hybridized carbons (Fsp3) is 0.400. The Morgan fingerprint density at radius 3 is 2.75 bits per heavy atom. The largest absolute Gasteiger partial charge is 0.355 e. The maximum atomic E-state index is 12.1. The summed E-state index contributed by atoms with van der Waals surface area (Å²) in [5.74, 6) is 0.121. The van der Waals surface area contributed by atoms with E-state index in [1.807, 2.05) is 12.1 Å². The number of pyridine rings is 1. The van der Waals surface area contributed by atoms with Gasteiger partial charge in [0.25, 0.3) is 0 Å². The molecule has 0 radical (unpaired) electrons. The summed E-state index contributed by atoms with van der Waals surface area (Å²) in [6.45, 7) is 4.93. The summed E-state index contributed by atoms with van der Waals surface area (Å²) in [6.07, 6.45) is 5.92. The van der Waals surface area contributed by atoms with E-state index in [4.69, 9.17) is 0 Å². The first-order valence-electron chi connectivity index (χ1n) is 8.69. The minimum absolute atomic E-state index is 0.121. The molecule has 2 aromatic rings. The Morgan fingerprint density at radius 2 is 1.96 bits per heavy atom. The Kier molecular flexibility index (Phi) is 5.59. The number of benzene rings is 1. The van der Waals surface area contributed by atoms with E-state index in [0.717, 1.165) is 31.5 Å². The van der Waals surface area contributed by atoms with Gasteiger partial charge in [-0.15, -0.1) is 0 Å². The lowest BCUT2D eigenvalue weighted by Gasteiger charge is -2.33. The summed E-state index contributed by atoms with van der Waals surface area (Å²) in [6, 6.07) is 12.9. The minimum Gasteiger partial charge on any atom is -0.355 e. The highest BCUT2D eigenvalue weighted by Gasteiger charge is 2.20. The van der Waals surface area contributed by atoms with Crippen molar-refractivity contribution in [1.82, 2.24) is 15.2 Å². The standard InChI is InChI=1S/C20H25N3O/c1-16(23-13-10-18-4-2-3-5-19(18)15-23)14-22-20(24)7-6-17-8-11-21-12-9-17/h2-5,8-9,11-12,16H,6-7,10,13-15H2,1H3,(H,22,24)/t16-/m1/s1. The van der Waals surface area contributed by atoms with E-state index in [9.17, 15) is 4.79 Å². The summed E-state index contributed by atoms with van der Waals surface area (Å²) in [5, 5.41) is 3.08. The van der Waals surface area contributed by atoms with Crippen LogP contribution >= 0.6 is 0 Å². The molecule has 1 aromatic heterocycles. The number of amides is 1. The number of carbonyl (C=O) groups excluding carboxylic acids is 1.